The highest BCUT2D eigenvalue weighted by Gasteiger charge is 2.52. The molecule has 1 aliphatic rings. The van der Waals surface area contributed by atoms with Crippen molar-refractivity contribution in [2.45, 2.75) is 65.5 Å². The van der Waals surface area contributed by atoms with Gasteiger partial charge in [0, 0.05) is 12.6 Å². The molecule has 0 radical (unpaired) electrons. The number of esters is 1. The Bertz CT molecular complexity index is 303. The fourth-order valence-corrected chi connectivity index (χ4v) is 2.91. The zero-order valence-corrected chi connectivity index (χ0v) is 13.9. The van der Waals surface area contributed by atoms with Crippen LogP contribution in [0.1, 0.15) is 53.9 Å². The fraction of sp³-hybridized carbons (Fsp3) is 0.938. The smallest absolute Gasteiger partial charge is 0.327 e. The lowest BCUT2D eigenvalue weighted by molar-refractivity contribution is -0.153. The summed E-state index contributed by atoms with van der Waals surface area (Å²) in [6, 6.07) is 0.446. The van der Waals surface area contributed by atoms with Crippen LogP contribution in [0.25, 0.3) is 0 Å². The van der Waals surface area contributed by atoms with Crippen LogP contribution in [0.15, 0.2) is 0 Å². The summed E-state index contributed by atoms with van der Waals surface area (Å²) >= 11 is 0. The molecule has 0 aromatic rings. The number of hydrogen-bond acceptors (Lipinski definition) is 4. The molecule has 0 bridgehead atoms. The number of nitrogens with zero attached hydrogens (tertiary/aromatic N) is 1. The summed E-state index contributed by atoms with van der Waals surface area (Å²) in [5, 5.41) is 3.47. The zero-order chi connectivity index (χ0) is 15.2. The number of likely N-dealkylation sites (N-methyl/N-ethyl adjacent to an activating group) is 1. The summed E-state index contributed by atoms with van der Waals surface area (Å²) < 4.78 is 5.39. The van der Waals surface area contributed by atoms with Crippen molar-refractivity contribution in [1.82, 2.24) is 10.2 Å². The monoisotopic (exact) mass is 284 g/mol. The molecule has 1 atom stereocenters. The summed E-state index contributed by atoms with van der Waals surface area (Å²) in [7, 11) is 0. The molecule has 4 nitrogen and oxygen atoms in total. The third-order valence-electron chi connectivity index (χ3n) is 4.10. The Morgan fingerprint density at radius 2 is 2.00 bits per heavy atom. The Balaban J connectivity index is 2.92. The number of carbonyl (C=O) groups excluding carboxylic acids is 1. The molecule has 0 amide bonds. The van der Waals surface area contributed by atoms with Gasteiger partial charge >= 0.3 is 5.97 Å². The Morgan fingerprint density at radius 1 is 1.35 bits per heavy atom. The second kappa shape index (κ2) is 7.99. The molecular weight excluding hydrogens is 252 g/mol. The standard InChI is InChI=1S/C16H32N2O2/c1-6-11-18(13(4)5)12-16(17-7-2,14-9-10-14)15(19)20-8-3/h13-14,17H,6-12H2,1-5H3. The van der Waals surface area contributed by atoms with Gasteiger partial charge in [-0.3, -0.25) is 4.90 Å². The Kier molecular flexibility index (Phi) is 6.96. The van der Waals surface area contributed by atoms with Gasteiger partial charge in [-0.15, -0.1) is 0 Å². The summed E-state index contributed by atoms with van der Waals surface area (Å²) in [5.41, 5.74) is -0.510. The van der Waals surface area contributed by atoms with E-state index in [0.717, 1.165) is 38.9 Å². The van der Waals surface area contributed by atoms with Gasteiger partial charge in [0.1, 0.15) is 5.54 Å². The summed E-state index contributed by atoms with van der Waals surface area (Å²) in [5.74, 6) is 0.366. The van der Waals surface area contributed by atoms with Gasteiger partial charge in [-0.1, -0.05) is 13.8 Å². The lowest BCUT2D eigenvalue weighted by Crippen LogP contribution is -2.62. The van der Waals surface area contributed by atoms with Crippen molar-refractivity contribution in [3.05, 3.63) is 0 Å². The topological polar surface area (TPSA) is 41.6 Å². The van der Waals surface area contributed by atoms with Crippen LogP contribution in [0, 0.1) is 5.92 Å². The normalized spacial score (nSPS) is 18.4. The average molecular weight is 284 g/mol. The van der Waals surface area contributed by atoms with E-state index in [1.165, 1.54) is 0 Å². The summed E-state index contributed by atoms with van der Waals surface area (Å²) in [6.07, 6.45) is 3.36. The zero-order valence-electron chi connectivity index (χ0n) is 13.9. The van der Waals surface area contributed by atoms with Crippen LogP contribution >= 0.6 is 0 Å². The van der Waals surface area contributed by atoms with E-state index in [1.807, 2.05) is 6.92 Å². The second-order valence-corrected chi connectivity index (χ2v) is 6.06. The fourth-order valence-electron chi connectivity index (χ4n) is 2.91. The molecule has 0 heterocycles. The molecule has 1 unspecified atom stereocenters. The molecule has 1 saturated carbocycles. The Morgan fingerprint density at radius 3 is 2.40 bits per heavy atom. The van der Waals surface area contributed by atoms with E-state index in [2.05, 4.69) is 37.9 Å². The van der Waals surface area contributed by atoms with Crippen LogP contribution in [-0.4, -0.2) is 48.7 Å². The minimum absolute atomic E-state index is 0.0638. The third-order valence-corrected chi connectivity index (χ3v) is 4.10. The van der Waals surface area contributed by atoms with Gasteiger partial charge in [-0.25, -0.2) is 4.79 Å². The first-order chi connectivity index (χ1) is 9.51. The van der Waals surface area contributed by atoms with Crippen molar-refractivity contribution in [1.29, 1.82) is 0 Å². The van der Waals surface area contributed by atoms with E-state index >= 15 is 0 Å². The first-order valence-electron chi connectivity index (χ1n) is 8.18. The molecule has 1 aliphatic carbocycles. The van der Waals surface area contributed by atoms with E-state index in [4.69, 9.17) is 4.74 Å². The lowest BCUT2D eigenvalue weighted by atomic mass is 9.91. The van der Waals surface area contributed by atoms with Gasteiger partial charge in [0.2, 0.25) is 0 Å². The van der Waals surface area contributed by atoms with E-state index in [-0.39, 0.29) is 5.97 Å². The maximum atomic E-state index is 12.6. The maximum absolute atomic E-state index is 12.6. The minimum atomic E-state index is -0.510. The highest BCUT2D eigenvalue weighted by molar-refractivity contribution is 5.82. The van der Waals surface area contributed by atoms with Gasteiger partial charge in [-0.2, -0.15) is 0 Å². The third kappa shape index (κ3) is 4.19. The summed E-state index contributed by atoms with van der Waals surface area (Å²) in [6.45, 7) is 13.6. The molecule has 118 valence electrons. The molecule has 1 fully saturated rings. The first-order valence-corrected chi connectivity index (χ1v) is 8.18. The Hall–Kier alpha value is -0.610. The molecule has 1 N–H and O–H groups in total. The van der Waals surface area contributed by atoms with Gasteiger partial charge < -0.3 is 10.1 Å². The maximum Gasteiger partial charge on any atom is 0.327 e. The quantitative estimate of drug-likeness (QED) is 0.626. The number of ether oxygens (including phenoxy) is 1. The van der Waals surface area contributed by atoms with Crippen molar-refractivity contribution in [3.63, 3.8) is 0 Å². The van der Waals surface area contributed by atoms with Crippen LogP contribution in [-0.2, 0) is 9.53 Å². The molecule has 0 aromatic carbocycles. The SMILES string of the molecule is CCCN(CC(NCC)(C(=O)OCC)C1CC1)C(C)C. The molecule has 0 spiro atoms. The predicted octanol–water partition coefficient (Wildman–Crippen LogP) is 2.43. The van der Waals surface area contributed by atoms with Crippen molar-refractivity contribution in [2.75, 3.05) is 26.2 Å². The van der Waals surface area contributed by atoms with Gasteiger partial charge in [0.25, 0.3) is 0 Å². The van der Waals surface area contributed by atoms with Crippen molar-refractivity contribution >= 4 is 5.97 Å². The minimum Gasteiger partial charge on any atom is -0.465 e. The average Bonchev–Trinajstić information content (AvgIpc) is 3.21. The van der Waals surface area contributed by atoms with Crippen molar-refractivity contribution < 1.29 is 9.53 Å². The highest BCUT2D eigenvalue weighted by atomic mass is 16.5. The molecule has 4 heteroatoms. The predicted molar refractivity (Wildman–Crippen MR) is 82.8 cm³/mol. The van der Waals surface area contributed by atoms with Crippen LogP contribution in [0.2, 0.25) is 0 Å². The molecule has 0 saturated heterocycles. The lowest BCUT2D eigenvalue weighted by Gasteiger charge is -2.39. The molecule has 20 heavy (non-hydrogen) atoms. The largest absolute Gasteiger partial charge is 0.465 e. The number of carbonyl (C=O) groups is 1. The van der Waals surface area contributed by atoms with E-state index in [9.17, 15) is 4.79 Å². The van der Waals surface area contributed by atoms with Crippen molar-refractivity contribution in [3.8, 4) is 0 Å². The van der Waals surface area contributed by atoms with E-state index < -0.39 is 5.54 Å². The first kappa shape index (κ1) is 17.4. The number of hydrogen-bond donors (Lipinski definition) is 1. The van der Waals surface area contributed by atoms with Crippen LogP contribution in [0.4, 0.5) is 0 Å². The molecule has 0 aromatic heterocycles. The van der Waals surface area contributed by atoms with Gasteiger partial charge in [-0.05, 0) is 59.0 Å². The number of rotatable bonds is 10. The molecule has 1 rings (SSSR count). The van der Waals surface area contributed by atoms with Crippen LogP contribution in [0.3, 0.4) is 0 Å². The highest BCUT2D eigenvalue weighted by Crippen LogP contribution is 2.41. The number of nitrogens with one attached hydrogen (secondary N) is 1. The van der Waals surface area contributed by atoms with Crippen molar-refractivity contribution in [2.24, 2.45) is 5.92 Å². The van der Waals surface area contributed by atoms with Gasteiger partial charge in [0.15, 0.2) is 0 Å². The molecule has 0 aliphatic heterocycles. The van der Waals surface area contributed by atoms with Crippen LogP contribution < -0.4 is 5.32 Å². The van der Waals surface area contributed by atoms with E-state index in [1.54, 1.807) is 0 Å². The Labute approximate surface area is 124 Å². The summed E-state index contributed by atoms with van der Waals surface area (Å²) in [4.78, 5) is 15.0. The molecular formula is C16H32N2O2. The van der Waals surface area contributed by atoms with Gasteiger partial charge in [0.05, 0.1) is 6.61 Å². The van der Waals surface area contributed by atoms with Crippen LogP contribution in [0.5, 0.6) is 0 Å². The second-order valence-electron chi connectivity index (χ2n) is 6.06. The van der Waals surface area contributed by atoms with E-state index in [0.29, 0.717) is 18.6 Å².